The van der Waals surface area contributed by atoms with Crippen LogP contribution < -0.4 is 4.74 Å². The lowest BCUT2D eigenvalue weighted by Crippen LogP contribution is -2.30. The van der Waals surface area contributed by atoms with Crippen molar-refractivity contribution in [3.05, 3.63) is 70.4 Å². The number of para-hydroxylation sites is 1. The molecular formula is C25H25ClN2O4. The van der Waals surface area contributed by atoms with E-state index in [0.717, 1.165) is 29.3 Å². The Labute approximate surface area is 191 Å². The van der Waals surface area contributed by atoms with E-state index in [1.165, 1.54) is 13.2 Å². The van der Waals surface area contributed by atoms with Crippen molar-refractivity contribution in [2.75, 3.05) is 13.7 Å². The topological polar surface area (TPSA) is 71.8 Å². The number of rotatable bonds is 6. The molecule has 4 rings (SSSR count). The Hall–Kier alpha value is -3.25. The molecule has 1 amide bonds. The van der Waals surface area contributed by atoms with Crippen LogP contribution in [0.5, 0.6) is 5.75 Å². The molecule has 2 heterocycles. The van der Waals surface area contributed by atoms with E-state index in [-0.39, 0.29) is 11.3 Å². The second-order valence-corrected chi connectivity index (χ2v) is 8.32. The molecule has 0 saturated carbocycles. The number of unbranched alkanes of at least 4 members (excludes halogenated alkanes) is 1. The van der Waals surface area contributed by atoms with Crippen molar-refractivity contribution in [3.63, 3.8) is 0 Å². The Balaban J connectivity index is 1.94. The zero-order valence-electron chi connectivity index (χ0n) is 18.3. The van der Waals surface area contributed by atoms with Gasteiger partial charge in [0.05, 0.1) is 23.7 Å². The number of halogens is 1. The second kappa shape index (κ2) is 8.71. The van der Waals surface area contributed by atoms with E-state index in [0.29, 0.717) is 22.9 Å². The number of ketones is 1. The van der Waals surface area contributed by atoms with Crippen LogP contribution in [0.1, 0.15) is 36.9 Å². The van der Waals surface area contributed by atoms with Crippen LogP contribution in [0.15, 0.2) is 54.2 Å². The number of benzene rings is 2. The summed E-state index contributed by atoms with van der Waals surface area (Å²) < 4.78 is 7.15. The summed E-state index contributed by atoms with van der Waals surface area (Å²) in [7, 11) is 3.42. The van der Waals surface area contributed by atoms with Crippen molar-refractivity contribution in [1.82, 2.24) is 9.47 Å². The molecule has 0 aliphatic carbocycles. The van der Waals surface area contributed by atoms with E-state index in [1.807, 2.05) is 49.0 Å². The van der Waals surface area contributed by atoms with E-state index in [2.05, 4.69) is 0 Å². The lowest BCUT2D eigenvalue weighted by molar-refractivity contribution is -0.139. The van der Waals surface area contributed by atoms with Gasteiger partial charge in [0.15, 0.2) is 0 Å². The number of aliphatic hydroxyl groups is 1. The smallest absolute Gasteiger partial charge is 0.295 e. The normalized spacial score (nSPS) is 18.0. The first-order chi connectivity index (χ1) is 15.4. The molecule has 0 spiro atoms. The molecule has 1 saturated heterocycles. The summed E-state index contributed by atoms with van der Waals surface area (Å²) in [6.45, 7) is 2.46. The fraction of sp³-hybridized carbons (Fsp3) is 0.280. The minimum Gasteiger partial charge on any atom is -0.507 e. The number of methoxy groups -OCH3 is 1. The third-order valence-corrected chi connectivity index (χ3v) is 6.24. The molecule has 1 aliphatic rings. The summed E-state index contributed by atoms with van der Waals surface area (Å²) in [6, 6.07) is 11.9. The third-order valence-electron chi connectivity index (χ3n) is 5.94. The quantitative estimate of drug-likeness (QED) is 0.322. The molecule has 1 aliphatic heterocycles. The molecule has 166 valence electrons. The molecule has 2 aromatic carbocycles. The summed E-state index contributed by atoms with van der Waals surface area (Å²) in [5.74, 6) is -1.08. The highest BCUT2D eigenvalue weighted by Crippen LogP contribution is 2.43. The van der Waals surface area contributed by atoms with Gasteiger partial charge in [-0.05, 0) is 30.7 Å². The van der Waals surface area contributed by atoms with Gasteiger partial charge in [0.25, 0.3) is 11.7 Å². The van der Waals surface area contributed by atoms with Gasteiger partial charge in [-0.15, -0.1) is 0 Å². The van der Waals surface area contributed by atoms with Crippen molar-refractivity contribution in [2.24, 2.45) is 7.05 Å². The lowest BCUT2D eigenvalue weighted by atomic mass is 9.95. The average molecular weight is 453 g/mol. The SMILES string of the molecule is CCCCN1C(=O)C(=O)/C(=C(/O)c2ccc(OC)c(Cl)c2)C1c1cn(C)c2ccccc12. The van der Waals surface area contributed by atoms with Gasteiger partial charge in [0.2, 0.25) is 0 Å². The Morgan fingerprint density at radius 2 is 1.94 bits per heavy atom. The van der Waals surface area contributed by atoms with Crippen molar-refractivity contribution < 1.29 is 19.4 Å². The molecule has 1 fully saturated rings. The molecule has 32 heavy (non-hydrogen) atoms. The molecule has 1 unspecified atom stereocenters. The summed E-state index contributed by atoms with van der Waals surface area (Å²) in [4.78, 5) is 27.8. The number of nitrogens with zero attached hydrogens (tertiary/aromatic N) is 2. The zero-order valence-corrected chi connectivity index (χ0v) is 19.0. The van der Waals surface area contributed by atoms with Crippen molar-refractivity contribution in [1.29, 1.82) is 0 Å². The highest BCUT2D eigenvalue weighted by Gasteiger charge is 2.46. The molecule has 1 aromatic heterocycles. The number of amides is 1. The molecule has 7 heteroatoms. The van der Waals surface area contributed by atoms with Gasteiger partial charge < -0.3 is 19.3 Å². The van der Waals surface area contributed by atoms with Crippen molar-refractivity contribution in [3.8, 4) is 5.75 Å². The molecular weight excluding hydrogens is 428 g/mol. The molecule has 6 nitrogen and oxygen atoms in total. The van der Waals surface area contributed by atoms with Gasteiger partial charge >= 0.3 is 0 Å². The predicted octanol–water partition coefficient (Wildman–Crippen LogP) is 5.06. The van der Waals surface area contributed by atoms with Gasteiger partial charge in [-0.25, -0.2) is 0 Å². The van der Waals surface area contributed by atoms with Gasteiger partial charge in [0.1, 0.15) is 11.5 Å². The standard InChI is InChI=1S/C25H25ClN2O4/c1-4-5-12-28-22(17-14-27(2)19-9-7-6-8-16(17)19)21(24(30)25(28)31)23(29)15-10-11-20(32-3)18(26)13-15/h6-11,13-14,22,29H,4-5,12H2,1-3H3/b23-21+. The predicted molar refractivity (Wildman–Crippen MR) is 125 cm³/mol. The molecule has 3 aromatic rings. The third kappa shape index (κ3) is 3.54. The molecule has 1 N–H and O–H groups in total. The summed E-state index contributed by atoms with van der Waals surface area (Å²) in [5, 5.41) is 12.5. The minimum atomic E-state index is -0.691. The first-order valence-electron chi connectivity index (χ1n) is 10.5. The number of Topliss-reactive ketones (excluding diaryl/α,β-unsaturated/α-hetero) is 1. The number of likely N-dealkylation sites (tertiary alicyclic amines) is 1. The maximum absolute atomic E-state index is 13.2. The molecule has 0 bridgehead atoms. The number of aryl methyl sites for hydroxylation is 1. The highest BCUT2D eigenvalue weighted by molar-refractivity contribution is 6.46. The maximum Gasteiger partial charge on any atom is 0.295 e. The number of aliphatic hydroxyl groups excluding tert-OH is 1. The Bertz CT molecular complexity index is 1240. The van der Waals surface area contributed by atoms with Crippen LogP contribution in [0.2, 0.25) is 5.02 Å². The summed E-state index contributed by atoms with van der Waals surface area (Å²) in [6.07, 6.45) is 3.55. The van der Waals surface area contributed by atoms with E-state index < -0.39 is 17.7 Å². The van der Waals surface area contributed by atoms with Gasteiger partial charge in [-0.3, -0.25) is 9.59 Å². The average Bonchev–Trinajstić information content (AvgIpc) is 3.25. The van der Waals surface area contributed by atoms with Crippen LogP contribution >= 0.6 is 11.6 Å². The monoisotopic (exact) mass is 452 g/mol. The van der Waals surface area contributed by atoms with E-state index in [4.69, 9.17) is 16.3 Å². The van der Waals surface area contributed by atoms with Crippen LogP contribution in [0, 0.1) is 0 Å². The van der Waals surface area contributed by atoms with Crippen LogP contribution in [0.3, 0.4) is 0 Å². The first-order valence-corrected chi connectivity index (χ1v) is 10.9. The fourth-order valence-corrected chi connectivity index (χ4v) is 4.58. The molecule has 1 atom stereocenters. The summed E-state index contributed by atoms with van der Waals surface area (Å²) in [5.41, 5.74) is 2.22. The van der Waals surface area contributed by atoms with Gasteiger partial charge in [0, 0.05) is 41.8 Å². The van der Waals surface area contributed by atoms with E-state index in [9.17, 15) is 14.7 Å². The number of fused-ring (bicyclic) bond motifs is 1. The summed E-state index contributed by atoms with van der Waals surface area (Å²) >= 11 is 6.25. The van der Waals surface area contributed by atoms with Gasteiger partial charge in [-0.1, -0.05) is 43.1 Å². The molecule has 0 radical (unpaired) electrons. The van der Waals surface area contributed by atoms with Gasteiger partial charge in [-0.2, -0.15) is 0 Å². The number of carbonyl (C=O) groups excluding carboxylic acids is 2. The lowest BCUT2D eigenvalue weighted by Gasteiger charge is -2.24. The van der Waals surface area contributed by atoms with Crippen LogP contribution in [-0.2, 0) is 16.6 Å². The number of ether oxygens (including phenoxy) is 1. The largest absolute Gasteiger partial charge is 0.507 e. The number of hydrogen-bond acceptors (Lipinski definition) is 4. The Morgan fingerprint density at radius 3 is 2.62 bits per heavy atom. The van der Waals surface area contributed by atoms with Crippen molar-refractivity contribution in [2.45, 2.75) is 25.8 Å². The van der Waals surface area contributed by atoms with E-state index >= 15 is 0 Å². The number of aromatic nitrogens is 1. The minimum absolute atomic E-state index is 0.0729. The Kier molecular flexibility index (Phi) is 5.98. The first kappa shape index (κ1) is 22.0. The highest BCUT2D eigenvalue weighted by atomic mass is 35.5. The number of hydrogen-bond donors (Lipinski definition) is 1. The number of carbonyl (C=O) groups is 2. The Morgan fingerprint density at radius 1 is 1.19 bits per heavy atom. The van der Waals surface area contributed by atoms with Crippen LogP contribution in [0.4, 0.5) is 0 Å². The zero-order chi connectivity index (χ0) is 23.0. The van der Waals surface area contributed by atoms with E-state index in [1.54, 1.807) is 17.0 Å². The van der Waals surface area contributed by atoms with Crippen molar-refractivity contribution >= 4 is 40.0 Å². The second-order valence-electron chi connectivity index (χ2n) is 7.91. The van der Waals surface area contributed by atoms with Crippen LogP contribution in [0.25, 0.3) is 16.7 Å². The fourth-order valence-electron chi connectivity index (χ4n) is 4.32. The maximum atomic E-state index is 13.2. The van der Waals surface area contributed by atoms with Crippen LogP contribution in [-0.4, -0.2) is 39.9 Å².